The molecule has 47 heavy (non-hydrogen) atoms. The largest absolute Gasteiger partial charge is 0.497 e. The number of likely N-dealkylation sites (N-methyl/N-ethyl adjacent to an activating group) is 1. The van der Waals surface area contributed by atoms with Gasteiger partial charge in [0.2, 0.25) is 11.8 Å². The molecular formula is C35H41FN6O5. The Hall–Kier alpha value is -4.94. The summed E-state index contributed by atoms with van der Waals surface area (Å²) < 4.78 is 37.0. The molecule has 11 nitrogen and oxygen atoms in total. The van der Waals surface area contributed by atoms with Gasteiger partial charge >= 0.3 is 6.09 Å². The number of anilines is 3. The summed E-state index contributed by atoms with van der Waals surface area (Å²) in [7, 11) is 5.16. The molecule has 1 aliphatic rings. The second-order valence-electron chi connectivity index (χ2n) is 11.4. The quantitative estimate of drug-likeness (QED) is 0.171. The smallest absolute Gasteiger partial charge is 0.418 e. The summed E-state index contributed by atoms with van der Waals surface area (Å²) >= 11 is 0. The Bertz CT molecular complexity index is 1700. The maximum absolute atomic E-state index is 15.1. The number of aromatic nitrogens is 2. The molecule has 5 rings (SSSR count). The molecule has 2 heterocycles. The average molecular weight is 645 g/mol. The second-order valence-corrected chi connectivity index (χ2v) is 11.4. The van der Waals surface area contributed by atoms with Crippen molar-refractivity contribution in [2.75, 3.05) is 71.2 Å². The standard InChI is InChI=1S/C35H41FN6O5/c1-23-8-6-9-27(24(23)2)30-22-33(47-35(43)39-29-12-11-26(44-4)21-32(29)45-5)40-34(38-30)37-25-10-13-31(28(36)20-25)46-19-7-14-42-17-15-41(3)16-18-42/h6,8-13,20-22H,7,14-19H2,1-5H3,(H,39,43)(H,37,38,40). The number of nitrogens with zero attached hydrogens (tertiary/aromatic N) is 4. The Morgan fingerprint density at radius 3 is 2.49 bits per heavy atom. The van der Waals surface area contributed by atoms with E-state index < -0.39 is 11.9 Å². The SMILES string of the molecule is COc1ccc(NC(=O)Oc2cc(-c3cccc(C)c3C)nc(Nc3ccc(OCCCN4CCN(C)CC4)c(F)c3)n2)c(OC)c1. The fourth-order valence-corrected chi connectivity index (χ4v) is 5.20. The lowest BCUT2D eigenvalue weighted by atomic mass is 10.0. The molecule has 1 fully saturated rings. The van der Waals surface area contributed by atoms with Crippen LogP contribution in [0.3, 0.4) is 0 Å². The minimum atomic E-state index is -0.787. The molecule has 0 radical (unpaired) electrons. The van der Waals surface area contributed by atoms with Crippen LogP contribution >= 0.6 is 0 Å². The number of nitrogens with one attached hydrogen (secondary N) is 2. The number of piperazine rings is 1. The topological polar surface area (TPSA) is 110 Å². The molecule has 0 spiro atoms. The molecule has 1 saturated heterocycles. The van der Waals surface area contributed by atoms with E-state index in [0.29, 0.717) is 35.2 Å². The van der Waals surface area contributed by atoms with Crippen LogP contribution < -0.4 is 29.6 Å². The highest BCUT2D eigenvalue weighted by atomic mass is 19.1. The Morgan fingerprint density at radius 1 is 0.936 bits per heavy atom. The molecule has 3 aromatic carbocycles. The van der Waals surface area contributed by atoms with Gasteiger partial charge in [0, 0.05) is 62.2 Å². The molecule has 0 unspecified atom stereocenters. The monoisotopic (exact) mass is 644 g/mol. The molecule has 12 heteroatoms. The first-order chi connectivity index (χ1) is 22.7. The zero-order valence-corrected chi connectivity index (χ0v) is 27.4. The van der Waals surface area contributed by atoms with Crippen molar-refractivity contribution >= 4 is 23.4 Å². The van der Waals surface area contributed by atoms with Gasteiger partial charge in [-0.05, 0) is 62.7 Å². The fourth-order valence-electron chi connectivity index (χ4n) is 5.20. The number of rotatable bonds is 12. The van der Waals surface area contributed by atoms with Crippen molar-refractivity contribution in [1.29, 1.82) is 0 Å². The van der Waals surface area contributed by atoms with Crippen molar-refractivity contribution in [3.63, 3.8) is 0 Å². The number of benzene rings is 3. The molecule has 2 N–H and O–H groups in total. The Labute approximate surface area is 274 Å². The molecule has 0 bridgehead atoms. The zero-order valence-electron chi connectivity index (χ0n) is 27.4. The number of methoxy groups -OCH3 is 2. The second kappa shape index (κ2) is 15.6. The van der Waals surface area contributed by atoms with Crippen molar-refractivity contribution in [2.24, 2.45) is 0 Å². The number of aryl methyl sites for hydroxylation is 1. The van der Waals surface area contributed by atoms with Gasteiger partial charge in [-0.15, -0.1) is 0 Å². The summed E-state index contributed by atoms with van der Waals surface area (Å²) in [5.41, 5.74) is 4.24. The molecule has 1 aliphatic heterocycles. The van der Waals surface area contributed by atoms with Crippen molar-refractivity contribution < 1.29 is 28.1 Å². The van der Waals surface area contributed by atoms with Crippen LogP contribution in [-0.2, 0) is 0 Å². The first-order valence-electron chi connectivity index (χ1n) is 15.5. The molecule has 4 aromatic rings. The normalized spacial score (nSPS) is 13.6. The van der Waals surface area contributed by atoms with Crippen LogP contribution in [0, 0.1) is 19.7 Å². The summed E-state index contributed by atoms with van der Waals surface area (Å²) in [6.07, 6.45) is 0.0224. The van der Waals surface area contributed by atoms with Crippen LogP contribution in [0.2, 0.25) is 0 Å². The number of hydrogen-bond donors (Lipinski definition) is 2. The first-order valence-corrected chi connectivity index (χ1v) is 15.5. The van der Waals surface area contributed by atoms with Crippen LogP contribution in [0.1, 0.15) is 17.5 Å². The first kappa shape index (κ1) is 33.4. The summed E-state index contributed by atoms with van der Waals surface area (Å²) in [5, 5.41) is 5.72. The predicted octanol–water partition coefficient (Wildman–Crippen LogP) is 6.29. The van der Waals surface area contributed by atoms with E-state index in [4.69, 9.17) is 18.9 Å². The van der Waals surface area contributed by atoms with E-state index in [1.54, 1.807) is 36.4 Å². The fraction of sp³-hybridized carbons (Fsp3) is 0.343. The van der Waals surface area contributed by atoms with E-state index in [-0.39, 0.29) is 17.6 Å². The summed E-state index contributed by atoms with van der Waals surface area (Å²) in [6, 6.07) is 17.0. The van der Waals surface area contributed by atoms with Crippen molar-refractivity contribution in [3.05, 3.63) is 77.6 Å². The van der Waals surface area contributed by atoms with Gasteiger partial charge in [-0.25, -0.2) is 14.2 Å². The molecule has 1 amide bonds. The van der Waals surface area contributed by atoms with Gasteiger partial charge in [-0.3, -0.25) is 5.32 Å². The summed E-state index contributed by atoms with van der Waals surface area (Å²) in [5.74, 6) is 0.741. The maximum Gasteiger partial charge on any atom is 0.418 e. The minimum absolute atomic E-state index is 0.0100. The lowest BCUT2D eigenvalue weighted by molar-refractivity contribution is 0.145. The van der Waals surface area contributed by atoms with Crippen molar-refractivity contribution in [3.8, 4) is 34.4 Å². The van der Waals surface area contributed by atoms with Gasteiger partial charge in [0.15, 0.2) is 11.6 Å². The lowest BCUT2D eigenvalue weighted by Gasteiger charge is -2.32. The van der Waals surface area contributed by atoms with Crippen LogP contribution in [-0.4, -0.2) is 86.5 Å². The Balaban J connectivity index is 1.30. The Morgan fingerprint density at radius 2 is 1.74 bits per heavy atom. The van der Waals surface area contributed by atoms with Crippen LogP contribution in [0.15, 0.2) is 60.7 Å². The van der Waals surface area contributed by atoms with Gasteiger partial charge in [-0.2, -0.15) is 4.98 Å². The van der Waals surface area contributed by atoms with Crippen LogP contribution in [0.5, 0.6) is 23.1 Å². The van der Waals surface area contributed by atoms with Crippen LogP contribution in [0.4, 0.5) is 26.5 Å². The third-order valence-electron chi connectivity index (χ3n) is 8.09. The molecule has 0 aliphatic carbocycles. The van der Waals surface area contributed by atoms with Gasteiger partial charge in [0.25, 0.3) is 0 Å². The number of ether oxygens (including phenoxy) is 4. The van der Waals surface area contributed by atoms with Crippen LogP contribution in [0.25, 0.3) is 11.3 Å². The van der Waals surface area contributed by atoms with E-state index >= 15 is 4.39 Å². The van der Waals surface area contributed by atoms with Gasteiger partial charge in [-0.1, -0.05) is 18.2 Å². The van der Waals surface area contributed by atoms with E-state index in [1.165, 1.54) is 20.3 Å². The van der Waals surface area contributed by atoms with Crippen molar-refractivity contribution in [1.82, 2.24) is 19.8 Å². The van der Waals surface area contributed by atoms with E-state index in [2.05, 4.69) is 37.4 Å². The highest BCUT2D eigenvalue weighted by Crippen LogP contribution is 2.31. The van der Waals surface area contributed by atoms with Gasteiger partial charge < -0.3 is 34.1 Å². The maximum atomic E-state index is 15.1. The molecular weight excluding hydrogens is 603 g/mol. The number of carbonyl (C=O) groups excluding carboxylic acids is 1. The molecule has 0 saturated carbocycles. The highest BCUT2D eigenvalue weighted by molar-refractivity contribution is 5.88. The molecule has 0 atom stereocenters. The number of carbonyl (C=O) groups is 1. The Kier molecular flexibility index (Phi) is 11.1. The van der Waals surface area contributed by atoms with Gasteiger partial charge in [0.1, 0.15) is 11.5 Å². The third-order valence-corrected chi connectivity index (χ3v) is 8.09. The minimum Gasteiger partial charge on any atom is -0.497 e. The average Bonchev–Trinajstić information content (AvgIpc) is 3.06. The molecule has 1 aromatic heterocycles. The van der Waals surface area contributed by atoms with E-state index in [0.717, 1.165) is 55.8 Å². The molecule has 248 valence electrons. The van der Waals surface area contributed by atoms with E-state index in [9.17, 15) is 4.79 Å². The predicted molar refractivity (Wildman–Crippen MR) is 180 cm³/mol. The zero-order chi connectivity index (χ0) is 33.3. The summed E-state index contributed by atoms with van der Waals surface area (Å²) in [4.78, 5) is 26.8. The number of halogens is 1. The van der Waals surface area contributed by atoms with Gasteiger partial charge in [0.05, 0.1) is 32.2 Å². The third kappa shape index (κ3) is 8.87. The summed E-state index contributed by atoms with van der Waals surface area (Å²) in [6.45, 7) is 9.51. The van der Waals surface area contributed by atoms with E-state index in [1.807, 2.05) is 32.0 Å². The number of amides is 1. The highest BCUT2D eigenvalue weighted by Gasteiger charge is 2.17. The number of hydrogen-bond acceptors (Lipinski definition) is 10. The van der Waals surface area contributed by atoms with Crippen molar-refractivity contribution in [2.45, 2.75) is 20.3 Å². The lowest BCUT2D eigenvalue weighted by Crippen LogP contribution is -2.44.